The fraction of sp³-hybridized carbons (Fsp3) is 0.261. The number of carbonyl (C=O) groups excluding carboxylic acids is 1. The molecule has 31 heavy (non-hydrogen) atoms. The number of phenols is 1. The molecular weight excluding hydrogens is 398 g/mol. The zero-order chi connectivity index (χ0) is 22.0. The predicted octanol–water partition coefficient (Wildman–Crippen LogP) is 2.51. The van der Waals surface area contributed by atoms with Crippen molar-refractivity contribution in [3.8, 4) is 5.75 Å². The fourth-order valence-electron chi connectivity index (χ4n) is 3.78. The Labute approximate surface area is 178 Å². The number of amides is 1. The molecule has 0 spiro atoms. The van der Waals surface area contributed by atoms with Crippen LogP contribution in [0, 0.1) is 0 Å². The van der Waals surface area contributed by atoms with Crippen molar-refractivity contribution in [1.29, 1.82) is 0 Å². The third-order valence-corrected chi connectivity index (χ3v) is 5.54. The van der Waals surface area contributed by atoms with Crippen molar-refractivity contribution >= 4 is 28.7 Å². The zero-order valence-corrected chi connectivity index (χ0v) is 16.7. The molecule has 1 aliphatic carbocycles. The number of phenolic OH excluding ortho intramolecular Hbond substituents is 1. The standard InChI is InChI=1S/C23H23N3O5/c27-17-12-5-4-10-15(17)26-23(31)14-9-6-11-16(20(14)28)25-19-18(21(29)22(19)30)24-13-7-2-1-3-8-13/h1-3,6-9,11,15,17,24-25,27-28H,4-5,10,12H2,(H,26,31)/t15-,17+/m1/s1. The third-order valence-electron chi connectivity index (χ3n) is 5.54. The van der Waals surface area contributed by atoms with Crippen LogP contribution in [0.3, 0.4) is 0 Å². The molecule has 8 nitrogen and oxygen atoms in total. The van der Waals surface area contributed by atoms with Crippen LogP contribution in [-0.2, 0) is 0 Å². The summed E-state index contributed by atoms with van der Waals surface area (Å²) in [7, 11) is 0. The second-order valence-electron chi connectivity index (χ2n) is 7.66. The van der Waals surface area contributed by atoms with Gasteiger partial charge >= 0.3 is 0 Å². The minimum absolute atomic E-state index is 0.0130. The summed E-state index contributed by atoms with van der Waals surface area (Å²) in [6.45, 7) is 0. The smallest absolute Gasteiger partial charge is 0.255 e. The molecule has 0 heterocycles. The SMILES string of the molecule is O=C(N[C@@H]1CCCC[C@@H]1O)c1cccc(Nc2c(Nc3ccccc3)c(=O)c2=O)c1O. The molecule has 3 aromatic carbocycles. The molecule has 5 N–H and O–H groups in total. The predicted molar refractivity (Wildman–Crippen MR) is 118 cm³/mol. The van der Waals surface area contributed by atoms with E-state index in [4.69, 9.17) is 0 Å². The molecule has 0 bridgehead atoms. The Balaban J connectivity index is 1.54. The van der Waals surface area contributed by atoms with Crippen molar-refractivity contribution in [3.05, 3.63) is 74.5 Å². The van der Waals surface area contributed by atoms with E-state index in [0.717, 1.165) is 12.8 Å². The number of hydrogen-bond donors (Lipinski definition) is 5. The van der Waals surface area contributed by atoms with E-state index in [1.165, 1.54) is 12.1 Å². The molecule has 160 valence electrons. The van der Waals surface area contributed by atoms with Gasteiger partial charge in [-0.1, -0.05) is 37.1 Å². The van der Waals surface area contributed by atoms with Crippen molar-refractivity contribution in [3.63, 3.8) is 0 Å². The summed E-state index contributed by atoms with van der Waals surface area (Å²) in [6, 6.07) is 13.1. The van der Waals surface area contributed by atoms with E-state index in [-0.39, 0.29) is 34.4 Å². The van der Waals surface area contributed by atoms with Gasteiger partial charge in [0, 0.05) is 5.69 Å². The van der Waals surface area contributed by atoms with Gasteiger partial charge in [0.1, 0.15) is 11.4 Å². The van der Waals surface area contributed by atoms with Crippen LogP contribution in [0.5, 0.6) is 5.75 Å². The zero-order valence-electron chi connectivity index (χ0n) is 16.7. The first-order valence-electron chi connectivity index (χ1n) is 10.2. The van der Waals surface area contributed by atoms with Crippen molar-refractivity contribution < 1.29 is 15.0 Å². The highest BCUT2D eigenvalue weighted by atomic mass is 16.3. The normalized spacial score (nSPS) is 18.5. The van der Waals surface area contributed by atoms with Crippen LogP contribution < -0.4 is 26.8 Å². The van der Waals surface area contributed by atoms with Gasteiger partial charge in [0.05, 0.1) is 23.4 Å². The molecule has 2 atom stereocenters. The van der Waals surface area contributed by atoms with Crippen LogP contribution in [0.25, 0.3) is 0 Å². The summed E-state index contributed by atoms with van der Waals surface area (Å²) in [5, 5.41) is 29.2. The maximum Gasteiger partial charge on any atom is 0.255 e. The highest BCUT2D eigenvalue weighted by Gasteiger charge is 2.27. The quantitative estimate of drug-likeness (QED) is 0.306. The molecule has 0 unspecified atom stereocenters. The number of aromatic hydroxyl groups is 1. The molecule has 3 aromatic rings. The Hall–Kier alpha value is -3.65. The van der Waals surface area contributed by atoms with Gasteiger partial charge < -0.3 is 26.2 Å². The summed E-state index contributed by atoms with van der Waals surface area (Å²) in [5.41, 5.74) is -0.482. The summed E-state index contributed by atoms with van der Waals surface area (Å²) in [5.74, 6) is -0.858. The first-order chi connectivity index (χ1) is 15.0. The topological polar surface area (TPSA) is 128 Å². The maximum absolute atomic E-state index is 12.7. The lowest BCUT2D eigenvalue weighted by Gasteiger charge is -2.28. The molecule has 1 aliphatic rings. The molecular formula is C23H23N3O5. The number of hydrogen-bond acceptors (Lipinski definition) is 7. The van der Waals surface area contributed by atoms with Gasteiger partial charge in [-0.3, -0.25) is 14.4 Å². The first-order valence-corrected chi connectivity index (χ1v) is 10.2. The van der Waals surface area contributed by atoms with Crippen LogP contribution in [0.1, 0.15) is 36.0 Å². The van der Waals surface area contributed by atoms with Gasteiger partial charge in [0.15, 0.2) is 5.75 Å². The van der Waals surface area contributed by atoms with Gasteiger partial charge in [-0.05, 0) is 37.1 Å². The number of benzene rings is 2. The van der Waals surface area contributed by atoms with Crippen molar-refractivity contribution in [2.75, 3.05) is 10.6 Å². The average molecular weight is 421 g/mol. The molecule has 1 amide bonds. The van der Waals surface area contributed by atoms with E-state index in [1.54, 1.807) is 30.3 Å². The Morgan fingerprint density at radius 3 is 2.26 bits per heavy atom. The number of rotatable bonds is 6. The van der Waals surface area contributed by atoms with E-state index >= 15 is 0 Å². The van der Waals surface area contributed by atoms with E-state index in [9.17, 15) is 24.6 Å². The minimum Gasteiger partial charge on any atom is -0.505 e. The van der Waals surface area contributed by atoms with Gasteiger partial charge in [-0.2, -0.15) is 0 Å². The number of aliphatic hydroxyl groups is 1. The van der Waals surface area contributed by atoms with Crippen LogP contribution in [0.4, 0.5) is 22.7 Å². The van der Waals surface area contributed by atoms with Crippen LogP contribution in [0.15, 0.2) is 58.1 Å². The molecule has 8 heteroatoms. The third kappa shape index (κ3) is 4.15. The molecule has 0 aromatic heterocycles. The highest BCUT2D eigenvalue weighted by molar-refractivity contribution is 5.99. The average Bonchev–Trinajstić information content (AvgIpc) is 2.79. The van der Waals surface area contributed by atoms with E-state index < -0.39 is 22.9 Å². The van der Waals surface area contributed by atoms with Crippen LogP contribution in [-0.4, -0.2) is 28.3 Å². The lowest BCUT2D eigenvalue weighted by molar-refractivity contribution is 0.0715. The summed E-state index contributed by atoms with van der Waals surface area (Å²) >= 11 is 0. The fourth-order valence-corrected chi connectivity index (χ4v) is 3.78. The summed E-state index contributed by atoms with van der Waals surface area (Å²) < 4.78 is 0. The van der Waals surface area contributed by atoms with Gasteiger partial charge in [-0.25, -0.2) is 0 Å². The molecule has 1 saturated carbocycles. The van der Waals surface area contributed by atoms with Crippen LogP contribution in [0.2, 0.25) is 0 Å². The molecule has 1 fully saturated rings. The van der Waals surface area contributed by atoms with Gasteiger partial charge in [0.25, 0.3) is 16.8 Å². The number of carbonyl (C=O) groups is 1. The minimum atomic E-state index is -0.710. The molecule has 0 aliphatic heterocycles. The Morgan fingerprint density at radius 1 is 0.871 bits per heavy atom. The van der Waals surface area contributed by atoms with Crippen molar-refractivity contribution in [2.45, 2.75) is 37.8 Å². The van der Waals surface area contributed by atoms with Crippen LogP contribution >= 0.6 is 0 Å². The summed E-state index contributed by atoms with van der Waals surface area (Å²) in [4.78, 5) is 36.8. The number of anilines is 4. The van der Waals surface area contributed by atoms with Gasteiger partial charge in [-0.15, -0.1) is 0 Å². The van der Waals surface area contributed by atoms with E-state index in [0.29, 0.717) is 18.5 Å². The lowest BCUT2D eigenvalue weighted by atomic mass is 9.92. The van der Waals surface area contributed by atoms with Gasteiger partial charge in [0.2, 0.25) is 0 Å². The first kappa shape index (κ1) is 20.6. The number of nitrogens with one attached hydrogen (secondary N) is 3. The Morgan fingerprint density at radius 2 is 1.55 bits per heavy atom. The Kier molecular flexibility index (Phi) is 5.73. The Bertz CT molecular complexity index is 1170. The number of para-hydroxylation sites is 2. The lowest BCUT2D eigenvalue weighted by Crippen LogP contribution is -2.45. The van der Waals surface area contributed by atoms with Crippen molar-refractivity contribution in [2.24, 2.45) is 0 Å². The maximum atomic E-state index is 12.7. The number of aliphatic hydroxyl groups excluding tert-OH is 1. The van der Waals surface area contributed by atoms with Crippen molar-refractivity contribution in [1.82, 2.24) is 5.32 Å². The molecule has 4 rings (SSSR count). The summed E-state index contributed by atoms with van der Waals surface area (Å²) in [6.07, 6.45) is 2.51. The largest absolute Gasteiger partial charge is 0.505 e. The van der Waals surface area contributed by atoms with E-state index in [2.05, 4.69) is 16.0 Å². The van der Waals surface area contributed by atoms with E-state index in [1.807, 2.05) is 6.07 Å². The second kappa shape index (κ2) is 8.61. The second-order valence-corrected chi connectivity index (χ2v) is 7.66. The molecule has 0 saturated heterocycles. The monoisotopic (exact) mass is 421 g/mol. The highest BCUT2D eigenvalue weighted by Crippen LogP contribution is 2.32. The molecule has 0 radical (unpaired) electrons.